The summed E-state index contributed by atoms with van der Waals surface area (Å²) in [7, 11) is 0. The van der Waals surface area contributed by atoms with Crippen molar-refractivity contribution in [2.45, 2.75) is 32.7 Å². The predicted molar refractivity (Wildman–Crippen MR) is 94.5 cm³/mol. The molecule has 0 saturated carbocycles. The van der Waals surface area contributed by atoms with Crippen molar-refractivity contribution in [2.24, 2.45) is 5.41 Å². The van der Waals surface area contributed by atoms with Crippen molar-refractivity contribution in [2.75, 3.05) is 19.6 Å². The Labute approximate surface area is 143 Å². The van der Waals surface area contributed by atoms with Gasteiger partial charge in [0.15, 0.2) is 0 Å². The maximum absolute atomic E-state index is 12.6. The summed E-state index contributed by atoms with van der Waals surface area (Å²) in [6.07, 6.45) is 4.23. The third-order valence-corrected chi connectivity index (χ3v) is 4.99. The molecule has 0 radical (unpaired) electrons. The van der Waals surface area contributed by atoms with Gasteiger partial charge in [-0.2, -0.15) is 0 Å². The van der Waals surface area contributed by atoms with E-state index in [0.717, 1.165) is 44.7 Å². The highest BCUT2D eigenvalue weighted by Crippen LogP contribution is 2.31. The number of carbonyl (C=O) groups excluding carboxylic acids is 1. The largest absolute Gasteiger partial charge is 0.469 e. The van der Waals surface area contributed by atoms with E-state index in [1.165, 1.54) is 5.56 Å². The van der Waals surface area contributed by atoms with E-state index >= 15 is 0 Å². The Kier molecular flexibility index (Phi) is 5.36. The number of hydrogen-bond acceptors (Lipinski definition) is 3. The van der Waals surface area contributed by atoms with Gasteiger partial charge in [-0.3, -0.25) is 9.69 Å². The summed E-state index contributed by atoms with van der Waals surface area (Å²) in [6, 6.07) is 14.3. The van der Waals surface area contributed by atoms with Crippen LogP contribution in [-0.2, 0) is 17.8 Å². The van der Waals surface area contributed by atoms with E-state index in [0.29, 0.717) is 6.54 Å². The van der Waals surface area contributed by atoms with Crippen molar-refractivity contribution in [3.63, 3.8) is 0 Å². The van der Waals surface area contributed by atoms with Gasteiger partial charge in [-0.25, -0.2) is 0 Å². The van der Waals surface area contributed by atoms with Crippen LogP contribution >= 0.6 is 0 Å². The first-order chi connectivity index (χ1) is 11.7. The molecule has 0 aliphatic carbocycles. The lowest BCUT2D eigenvalue weighted by atomic mass is 9.79. The van der Waals surface area contributed by atoms with Gasteiger partial charge in [0.25, 0.3) is 0 Å². The second-order valence-corrected chi connectivity index (χ2v) is 6.91. The standard InChI is InChI=1S/C20H26N2O2/c1-20(19(23)21-12-9-18-8-5-15-24-18)10-13-22(14-11-20)16-17-6-3-2-4-7-17/h2-8,15H,9-14,16H2,1H3,(H,21,23). The second-order valence-electron chi connectivity index (χ2n) is 6.91. The number of amides is 1. The van der Waals surface area contributed by atoms with Gasteiger partial charge < -0.3 is 9.73 Å². The van der Waals surface area contributed by atoms with Gasteiger partial charge in [0.05, 0.1) is 6.26 Å². The Balaban J connectivity index is 1.44. The fraction of sp³-hybridized carbons (Fsp3) is 0.450. The zero-order chi connectivity index (χ0) is 16.8. The summed E-state index contributed by atoms with van der Waals surface area (Å²) in [5.74, 6) is 1.09. The van der Waals surface area contributed by atoms with E-state index in [1.54, 1.807) is 6.26 Å². The number of piperidine rings is 1. The minimum atomic E-state index is -0.254. The SMILES string of the molecule is CC1(C(=O)NCCc2ccco2)CCN(Cc2ccccc2)CC1. The second kappa shape index (κ2) is 7.67. The molecule has 4 heteroatoms. The normalized spacial score (nSPS) is 17.5. The Morgan fingerprint density at radius 1 is 1.17 bits per heavy atom. The lowest BCUT2D eigenvalue weighted by molar-refractivity contribution is -0.132. The van der Waals surface area contributed by atoms with Crippen molar-refractivity contribution >= 4 is 5.91 Å². The fourth-order valence-corrected chi connectivity index (χ4v) is 3.24. The molecule has 1 aliphatic rings. The molecule has 1 saturated heterocycles. The van der Waals surface area contributed by atoms with Gasteiger partial charge in [0.2, 0.25) is 5.91 Å². The van der Waals surface area contributed by atoms with E-state index in [1.807, 2.05) is 18.2 Å². The van der Waals surface area contributed by atoms with Crippen LogP contribution in [0, 0.1) is 5.41 Å². The predicted octanol–water partition coefficient (Wildman–Crippen LogP) is 3.24. The highest BCUT2D eigenvalue weighted by Gasteiger charge is 2.36. The number of rotatable bonds is 6. The maximum atomic E-state index is 12.6. The summed E-state index contributed by atoms with van der Waals surface area (Å²) < 4.78 is 5.30. The van der Waals surface area contributed by atoms with Crippen molar-refractivity contribution < 1.29 is 9.21 Å². The maximum Gasteiger partial charge on any atom is 0.226 e. The lowest BCUT2D eigenvalue weighted by Gasteiger charge is -2.38. The summed E-state index contributed by atoms with van der Waals surface area (Å²) in [4.78, 5) is 15.0. The van der Waals surface area contributed by atoms with Crippen molar-refractivity contribution in [1.29, 1.82) is 0 Å². The molecule has 1 aromatic carbocycles. The third kappa shape index (κ3) is 4.26. The highest BCUT2D eigenvalue weighted by molar-refractivity contribution is 5.82. The van der Waals surface area contributed by atoms with Gasteiger partial charge in [-0.1, -0.05) is 37.3 Å². The van der Waals surface area contributed by atoms with E-state index in [2.05, 4.69) is 41.4 Å². The number of hydrogen-bond donors (Lipinski definition) is 1. The minimum Gasteiger partial charge on any atom is -0.469 e. The summed E-state index contributed by atoms with van der Waals surface area (Å²) in [5.41, 5.74) is 1.08. The number of carbonyl (C=O) groups is 1. The van der Waals surface area contributed by atoms with Crippen LogP contribution < -0.4 is 5.32 Å². The monoisotopic (exact) mass is 326 g/mol. The fourth-order valence-electron chi connectivity index (χ4n) is 3.24. The summed E-state index contributed by atoms with van der Waals surface area (Å²) >= 11 is 0. The molecule has 1 fully saturated rings. The van der Waals surface area contributed by atoms with E-state index < -0.39 is 0 Å². The van der Waals surface area contributed by atoms with Gasteiger partial charge in [0.1, 0.15) is 5.76 Å². The molecule has 1 amide bonds. The summed E-state index contributed by atoms with van der Waals surface area (Å²) in [6.45, 7) is 5.63. The third-order valence-electron chi connectivity index (χ3n) is 4.99. The van der Waals surface area contributed by atoms with Crippen LogP contribution in [0.5, 0.6) is 0 Å². The average Bonchev–Trinajstić information content (AvgIpc) is 3.11. The van der Waals surface area contributed by atoms with Crippen LogP contribution in [0.1, 0.15) is 31.1 Å². The first-order valence-electron chi connectivity index (χ1n) is 8.73. The zero-order valence-corrected chi connectivity index (χ0v) is 14.3. The van der Waals surface area contributed by atoms with E-state index in [9.17, 15) is 4.79 Å². The molecule has 2 heterocycles. The van der Waals surface area contributed by atoms with Crippen LogP contribution in [-0.4, -0.2) is 30.4 Å². The molecule has 1 aromatic heterocycles. The molecule has 1 aliphatic heterocycles. The van der Waals surface area contributed by atoms with Crippen LogP contribution in [0.3, 0.4) is 0 Å². The molecule has 0 unspecified atom stereocenters. The molecule has 3 rings (SSSR count). The number of likely N-dealkylation sites (tertiary alicyclic amines) is 1. The van der Waals surface area contributed by atoms with Crippen LogP contribution in [0.15, 0.2) is 53.1 Å². The van der Waals surface area contributed by atoms with Gasteiger partial charge >= 0.3 is 0 Å². The zero-order valence-electron chi connectivity index (χ0n) is 14.3. The van der Waals surface area contributed by atoms with Crippen molar-refractivity contribution in [3.8, 4) is 0 Å². The average molecular weight is 326 g/mol. The van der Waals surface area contributed by atoms with Crippen molar-refractivity contribution in [3.05, 3.63) is 60.1 Å². The molecule has 2 aromatic rings. The van der Waals surface area contributed by atoms with Crippen LogP contribution in [0.25, 0.3) is 0 Å². The number of nitrogens with zero attached hydrogens (tertiary/aromatic N) is 1. The molecule has 128 valence electrons. The Morgan fingerprint density at radius 2 is 1.92 bits per heavy atom. The van der Waals surface area contributed by atoms with Crippen LogP contribution in [0.2, 0.25) is 0 Å². The number of nitrogens with one attached hydrogen (secondary N) is 1. The first-order valence-corrected chi connectivity index (χ1v) is 8.73. The van der Waals surface area contributed by atoms with E-state index in [-0.39, 0.29) is 11.3 Å². The number of furan rings is 1. The smallest absolute Gasteiger partial charge is 0.226 e. The van der Waals surface area contributed by atoms with E-state index in [4.69, 9.17) is 4.42 Å². The summed E-state index contributed by atoms with van der Waals surface area (Å²) in [5, 5.41) is 3.08. The Morgan fingerprint density at radius 3 is 2.58 bits per heavy atom. The quantitative estimate of drug-likeness (QED) is 0.886. The Hall–Kier alpha value is -2.07. The van der Waals surface area contributed by atoms with Crippen LogP contribution in [0.4, 0.5) is 0 Å². The topological polar surface area (TPSA) is 45.5 Å². The number of benzene rings is 1. The van der Waals surface area contributed by atoms with Gasteiger partial charge in [-0.15, -0.1) is 0 Å². The first kappa shape index (κ1) is 16.8. The Bertz CT molecular complexity index is 629. The molecule has 0 bridgehead atoms. The highest BCUT2D eigenvalue weighted by atomic mass is 16.3. The lowest BCUT2D eigenvalue weighted by Crippen LogP contribution is -2.47. The van der Waals surface area contributed by atoms with Gasteiger partial charge in [-0.05, 0) is 43.6 Å². The molecule has 0 atom stereocenters. The minimum absolute atomic E-state index is 0.174. The molecular formula is C20H26N2O2. The molecule has 4 nitrogen and oxygen atoms in total. The molecular weight excluding hydrogens is 300 g/mol. The van der Waals surface area contributed by atoms with Crippen molar-refractivity contribution in [1.82, 2.24) is 10.2 Å². The molecule has 24 heavy (non-hydrogen) atoms. The molecule has 0 spiro atoms. The van der Waals surface area contributed by atoms with Gasteiger partial charge in [0, 0.05) is 24.9 Å². The molecule has 1 N–H and O–H groups in total.